The molecule has 0 aromatic carbocycles. The van der Waals surface area contributed by atoms with Crippen LogP contribution in [0.4, 0.5) is 0 Å². The van der Waals surface area contributed by atoms with Crippen molar-refractivity contribution in [1.82, 2.24) is 0 Å². The van der Waals surface area contributed by atoms with Gasteiger partial charge in [-0.2, -0.15) is 0 Å². The molecule has 0 aromatic heterocycles. The van der Waals surface area contributed by atoms with E-state index in [1.807, 2.05) is 6.92 Å². The van der Waals surface area contributed by atoms with Crippen LogP contribution >= 0.6 is 0 Å². The van der Waals surface area contributed by atoms with Gasteiger partial charge in [-0.25, -0.2) is 16.8 Å². The summed E-state index contributed by atoms with van der Waals surface area (Å²) in [6.45, 7) is 5.38. The molecule has 17 heavy (non-hydrogen) atoms. The van der Waals surface area contributed by atoms with Gasteiger partial charge in [-0.3, -0.25) is 0 Å². The minimum absolute atomic E-state index is 0. The molecule has 0 heterocycles. The van der Waals surface area contributed by atoms with Gasteiger partial charge >= 0.3 is 18.9 Å². The summed E-state index contributed by atoms with van der Waals surface area (Å²) in [5.74, 6) is -1.70. The number of hydrogen-bond acceptors (Lipinski definition) is 6. The summed E-state index contributed by atoms with van der Waals surface area (Å²) in [6, 6.07) is 0.663. The van der Waals surface area contributed by atoms with Gasteiger partial charge in [-0.05, 0) is 19.1 Å². The molecule has 0 N–H and O–H groups in total. The second-order valence-corrected chi connectivity index (χ2v) is 11.8. The molecule has 0 unspecified atom stereocenters. The molecule has 0 aromatic rings. The maximum Gasteiger partial charge on any atom is 1.00 e. The molecule has 0 atom stereocenters. The minimum Gasteiger partial charge on any atom is -0.748 e. The van der Waals surface area contributed by atoms with E-state index in [-0.39, 0.29) is 18.9 Å². The Balaban J connectivity index is 0. The van der Waals surface area contributed by atoms with E-state index in [1.165, 1.54) is 0 Å². The maximum absolute atomic E-state index is 11.4. The Morgan fingerprint density at radius 2 is 1.59 bits per heavy atom. The Morgan fingerprint density at radius 1 is 1.12 bits per heavy atom. The topological polar surface area (TPSA) is 101 Å². The van der Waals surface area contributed by atoms with Gasteiger partial charge in [0.05, 0.1) is 21.6 Å². The van der Waals surface area contributed by atoms with Crippen molar-refractivity contribution in [1.29, 1.82) is 0 Å². The summed E-state index contributed by atoms with van der Waals surface area (Å²) < 4.78 is 58.6. The third-order valence-corrected chi connectivity index (χ3v) is 7.98. The van der Waals surface area contributed by atoms with Crippen LogP contribution < -0.4 is 18.9 Å². The van der Waals surface area contributed by atoms with E-state index in [2.05, 4.69) is 0 Å². The third-order valence-electron chi connectivity index (χ3n) is 1.79. The fraction of sp³-hybridized carbons (Fsp3) is 1.00. The summed E-state index contributed by atoms with van der Waals surface area (Å²) in [6.07, 6.45) is 0.800. The molecule has 0 rings (SSSR count). The Bertz CT molecular complexity index is 416. The first kappa shape index (κ1) is 20.0. The van der Waals surface area contributed by atoms with Crippen molar-refractivity contribution in [2.24, 2.45) is 0 Å². The smallest absolute Gasteiger partial charge is 0.748 e. The van der Waals surface area contributed by atoms with E-state index < -0.39 is 40.1 Å². The van der Waals surface area contributed by atoms with Crippen molar-refractivity contribution >= 4 is 28.6 Å². The molecule has 0 aliphatic carbocycles. The van der Waals surface area contributed by atoms with Crippen molar-refractivity contribution in [2.75, 3.05) is 11.5 Å². The van der Waals surface area contributed by atoms with Crippen molar-refractivity contribution in [3.05, 3.63) is 0 Å². The fourth-order valence-electron chi connectivity index (χ4n) is 1.23. The molecule has 0 saturated heterocycles. The molecule has 0 aliphatic rings. The van der Waals surface area contributed by atoms with Gasteiger partial charge in [0.1, 0.15) is 0 Å². The van der Waals surface area contributed by atoms with Crippen molar-refractivity contribution in [3.63, 3.8) is 0 Å². The molecular weight excluding hydrogens is 279 g/mol. The van der Waals surface area contributed by atoms with Crippen LogP contribution in [0.25, 0.3) is 0 Å². The Kier molecular flexibility index (Phi) is 8.55. The molecule has 0 amide bonds. The van der Waals surface area contributed by atoms with Gasteiger partial charge in [0.25, 0.3) is 10.1 Å². The zero-order valence-corrected chi connectivity index (χ0v) is 13.2. The van der Waals surface area contributed by atoms with E-state index in [0.29, 0.717) is 6.04 Å². The molecule has 0 spiro atoms. The summed E-state index contributed by atoms with van der Waals surface area (Å²) in [5.41, 5.74) is 0. The standard InChI is InChI=1S/C7H18O6S2Si.Li/c1-4-7-16(2,3)13-15(11,12)6-5-14(8,9)10;/h4-7H2,1-3H3,(H,8,9,10);/q;+1/p-1. The van der Waals surface area contributed by atoms with E-state index in [1.54, 1.807) is 13.1 Å². The van der Waals surface area contributed by atoms with Crippen LogP contribution in [-0.4, -0.2) is 41.2 Å². The maximum atomic E-state index is 11.4. The fourth-order valence-corrected chi connectivity index (χ4v) is 7.49. The average molecular weight is 296 g/mol. The SMILES string of the molecule is CCC[Si](C)(C)OS(=O)(=O)CCS(=O)(=O)[O-].[Li+]. The van der Waals surface area contributed by atoms with Crippen molar-refractivity contribution < 1.29 is 44.1 Å². The van der Waals surface area contributed by atoms with Crippen LogP contribution in [0.5, 0.6) is 0 Å². The molecule has 0 aliphatic heterocycles. The normalized spacial score (nSPS) is 13.2. The van der Waals surface area contributed by atoms with Crippen molar-refractivity contribution in [3.8, 4) is 0 Å². The van der Waals surface area contributed by atoms with Crippen LogP contribution in [0.15, 0.2) is 0 Å². The predicted molar refractivity (Wildman–Crippen MR) is 62.0 cm³/mol. The summed E-state index contributed by atoms with van der Waals surface area (Å²) >= 11 is 0. The zero-order valence-electron chi connectivity index (χ0n) is 10.6. The Hall–Kier alpha value is 0.634. The van der Waals surface area contributed by atoms with Crippen molar-refractivity contribution in [2.45, 2.75) is 32.5 Å². The Labute approximate surface area is 116 Å². The molecule has 98 valence electrons. The van der Waals surface area contributed by atoms with Crippen LogP contribution in [0.3, 0.4) is 0 Å². The molecule has 0 radical (unpaired) electrons. The van der Waals surface area contributed by atoms with E-state index >= 15 is 0 Å². The van der Waals surface area contributed by atoms with Crippen LogP contribution in [0.1, 0.15) is 13.3 Å². The molecule has 6 nitrogen and oxygen atoms in total. The second-order valence-electron chi connectivity index (χ2n) is 4.12. The van der Waals surface area contributed by atoms with Crippen LogP contribution in [-0.2, 0) is 24.1 Å². The van der Waals surface area contributed by atoms with Gasteiger partial charge in [-0.15, -0.1) is 0 Å². The van der Waals surface area contributed by atoms with E-state index in [0.717, 1.165) is 6.42 Å². The van der Waals surface area contributed by atoms with Gasteiger partial charge in [-0.1, -0.05) is 13.3 Å². The summed E-state index contributed by atoms with van der Waals surface area (Å²) in [4.78, 5) is 0. The monoisotopic (exact) mass is 296 g/mol. The molecular formula is C7H17LiO6S2Si. The van der Waals surface area contributed by atoms with Crippen LogP contribution in [0.2, 0.25) is 19.1 Å². The summed E-state index contributed by atoms with van der Waals surface area (Å²) in [5, 5.41) is 0. The number of hydrogen-bond donors (Lipinski definition) is 0. The molecule has 10 heteroatoms. The predicted octanol–water partition coefficient (Wildman–Crippen LogP) is -2.50. The first-order valence-electron chi connectivity index (χ1n) is 4.84. The molecule has 0 saturated carbocycles. The first-order valence-corrected chi connectivity index (χ1v) is 11.1. The van der Waals surface area contributed by atoms with Gasteiger partial charge < -0.3 is 8.42 Å². The summed E-state index contributed by atoms with van der Waals surface area (Å²) in [7, 11) is -10.8. The largest absolute Gasteiger partial charge is 1.00 e. The van der Waals surface area contributed by atoms with E-state index in [4.69, 9.17) is 3.87 Å². The Morgan fingerprint density at radius 3 is 1.94 bits per heavy atom. The quantitative estimate of drug-likeness (QED) is 0.380. The number of rotatable bonds is 7. The average Bonchev–Trinajstić information content (AvgIpc) is 1.97. The zero-order chi connectivity index (χ0) is 13.0. The third kappa shape index (κ3) is 11.5. The second kappa shape index (κ2) is 7.28. The molecule has 0 fully saturated rings. The van der Waals surface area contributed by atoms with E-state index in [9.17, 15) is 21.4 Å². The van der Waals surface area contributed by atoms with Crippen LogP contribution in [0, 0.1) is 0 Å². The molecule has 0 bridgehead atoms. The van der Waals surface area contributed by atoms with Gasteiger partial charge in [0.2, 0.25) is 8.32 Å². The minimum atomic E-state index is -4.52. The van der Waals surface area contributed by atoms with Gasteiger partial charge in [0, 0.05) is 0 Å². The first-order chi connectivity index (χ1) is 6.97. The van der Waals surface area contributed by atoms with Gasteiger partial charge in [0.15, 0.2) is 0 Å².